The minimum Gasteiger partial charge on any atom is -0.339 e. The predicted octanol–water partition coefficient (Wildman–Crippen LogP) is 2.40. The fourth-order valence-corrected chi connectivity index (χ4v) is 1.37. The molecule has 0 radical (unpaired) electrons. The van der Waals surface area contributed by atoms with Crippen molar-refractivity contribution in [3.8, 4) is 6.07 Å². The van der Waals surface area contributed by atoms with Crippen molar-refractivity contribution in [3.63, 3.8) is 0 Å². The van der Waals surface area contributed by atoms with Crippen LogP contribution in [0.25, 0.3) is 0 Å². The number of rotatable bonds is 2. The van der Waals surface area contributed by atoms with Crippen LogP contribution in [0.15, 0.2) is 36.8 Å². The molecule has 0 amide bonds. The second kappa shape index (κ2) is 4.41. The molecular formula is C12H10N4. The second-order valence-electron chi connectivity index (χ2n) is 3.39. The van der Waals surface area contributed by atoms with E-state index in [2.05, 4.69) is 15.3 Å². The number of hydrogen-bond acceptors (Lipinski definition) is 4. The Hall–Kier alpha value is -2.41. The summed E-state index contributed by atoms with van der Waals surface area (Å²) in [5.74, 6) is 0.531. The summed E-state index contributed by atoms with van der Waals surface area (Å²) in [4.78, 5) is 7.83. The van der Waals surface area contributed by atoms with E-state index in [9.17, 15) is 0 Å². The smallest absolute Gasteiger partial charge is 0.151 e. The largest absolute Gasteiger partial charge is 0.339 e. The van der Waals surface area contributed by atoms with Crippen LogP contribution in [-0.4, -0.2) is 9.97 Å². The Morgan fingerprint density at radius 3 is 3.00 bits per heavy atom. The maximum absolute atomic E-state index is 8.88. The Morgan fingerprint density at radius 2 is 2.25 bits per heavy atom. The first-order chi connectivity index (χ1) is 7.79. The first-order valence-electron chi connectivity index (χ1n) is 4.83. The predicted molar refractivity (Wildman–Crippen MR) is 61.2 cm³/mol. The highest BCUT2D eigenvalue weighted by molar-refractivity contribution is 5.62. The molecule has 2 aromatic rings. The topological polar surface area (TPSA) is 61.6 Å². The fourth-order valence-electron chi connectivity index (χ4n) is 1.37. The van der Waals surface area contributed by atoms with Gasteiger partial charge in [-0.15, -0.1) is 0 Å². The summed E-state index contributed by atoms with van der Waals surface area (Å²) in [6.07, 6.45) is 2.91. The lowest BCUT2D eigenvalue weighted by atomic mass is 10.2. The van der Waals surface area contributed by atoms with E-state index < -0.39 is 0 Å². The molecule has 0 bridgehead atoms. The SMILES string of the molecule is Cc1cccc(Nc2ncncc2C#N)c1. The highest BCUT2D eigenvalue weighted by Crippen LogP contribution is 2.17. The Morgan fingerprint density at radius 1 is 1.38 bits per heavy atom. The molecule has 16 heavy (non-hydrogen) atoms. The third-order valence-corrected chi connectivity index (χ3v) is 2.11. The first kappa shape index (κ1) is 10.1. The van der Waals surface area contributed by atoms with Crippen molar-refractivity contribution in [1.82, 2.24) is 9.97 Å². The van der Waals surface area contributed by atoms with E-state index in [4.69, 9.17) is 5.26 Å². The molecular weight excluding hydrogens is 200 g/mol. The van der Waals surface area contributed by atoms with Gasteiger partial charge in [-0.25, -0.2) is 9.97 Å². The summed E-state index contributed by atoms with van der Waals surface area (Å²) in [5, 5.41) is 12.0. The van der Waals surface area contributed by atoms with Gasteiger partial charge in [0.15, 0.2) is 5.82 Å². The normalized spacial score (nSPS) is 9.50. The monoisotopic (exact) mass is 210 g/mol. The summed E-state index contributed by atoms with van der Waals surface area (Å²) < 4.78 is 0. The van der Waals surface area contributed by atoms with Crippen molar-refractivity contribution in [2.45, 2.75) is 6.92 Å². The van der Waals surface area contributed by atoms with Gasteiger partial charge >= 0.3 is 0 Å². The molecule has 0 unspecified atom stereocenters. The minimum atomic E-state index is 0.434. The number of nitriles is 1. The quantitative estimate of drug-likeness (QED) is 0.826. The number of aryl methyl sites for hydroxylation is 1. The number of hydrogen-bond donors (Lipinski definition) is 1. The average molecular weight is 210 g/mol. The molecule has 1 aromatic heterocycles. The molecule has 1 aromatic carbocycles. The lowest BCUT2D eigenvalue weighted by Crippen LogP contribution is -1.97. The molecule has 0 spiro atoms. The van der Waals surface area contributed by atoms with Gasteiger partial charge in [-0.3, -0.25) is 0 Å². The van der Waals surface area contributed by atoms with Crippen LogP contribution in [0.2, 0.25) is 0 Å². The number of benzene rings is 1. The maximum atomic E-state index is 8.88. The van der Waals surface area contributed by atoms with E-state index in [0.29, 0.717) is 11.4 Å². The van der Waals surface area contributed by atoms with E-state index >= 15 is 0 Å². The summed E-state index contributed by atoms with van der Waals surface area (Å²) in [6.45, 7) is 2.01. The molecule has 2 rings (SSSR count). The summed E-state index contributed by atoms with van der Waals surface area (Å²) in [7, 11) is 0. The Balaban J connectivity index is 2.31. The Bertz CT molecular complexity index is 543. The highest BCUT2D eigenvalue weighted by atomic mass is 15.0. The molecule has 0 saturated carbocycles. The van der Waals surface area contributed by atoms with Crippen LogP contribution in [0.4, 0.5) is 11.5 Å². The lowest BCUT2D eigenvalue weighted by Gasteiger charge is -2.06. The molecule has 0 aliphatic carbocycles. The van der Waals surface area contributed by atoms with Crippen LogP contribution in [0.5, 0.6) is 0 Å². The van der Waals surface area contributed by atoms with Crippen LogP contribution in [0.1, 0.15) is 11.1 Å². The van der Waals surface area contributed by atoms with Gasteiger partial charge in [0.1, 0.15) is 18.0 Å². The fraction of sp³-hybridized carbons (Fsp3) is 0.0833. The van der Waals surface area contributed by atoms with E-state index in [0.717, 1.165) is 11.3 Å². The van der Waals surface area contributed by atoms with Gasteiger partial charge in [0.05, 0.1) is 6.20 Å². The van der Waals surface area contributed by atoms with Gasteiger partial charge in [0.2, 0.25) is 0 Å². The summed E-state index contributed by atoms with van der Waals surface area (Å²) in [6, 6.07) is 9.92. The van der Waals surface area contributed by atoms with Crippen molar-refractivity contribution < 1.29 is 0 Å². The molecule has 4 nitrogen and oxygen atoms in total. The second-order valence-corrected chi connectivity index (χ2v) is 3.39. The summed E-state index contributed by atoms with van der Waals surface area (Å²) >= 11 is 0. The zero-order chi connectivity index (χ0) is 11.4. The van der Waals surface area contributed by atoms with Crippen molar-refractivity contribution in [2.75, 3.05) is 5.32 Å². The van der Waals surface area contributed by atoms with Crippen LogP contribution in [0, 0.1) is 18.3 Å². The Labute approximate surface area is 93.6 Å². The third kappa shape index (κ3) is 2.15. The van der Waals surface area contributed by atoms with Crippen molar-refractivity contribution in [2.24, 2.45) is 0 Å². The van der Waals surface area contributed by atoms with Crippen LogP contribution < -0.4 is 5.32 Å². The molecule has 4 heteroatoms. The standard InChI is InChI=1S/C12H10N4/c1-9-3-2-4-11(5-9)16-12-10(6-13)7-14-8-15-12/h2-5,7-8H,1H3,(H,14,15,16). The van der Waals surface area contributed by atoms with Gasteiger partial charge < -0.3 is 5.32 Å². The molecule has 1 heterocycles. The zero-order valence-corrected chi connectivity index (χ0v) is 8.81. The van der Waals surface area contributed by atoms with Gasteiger partial charge in [-0.05, 0) is 24.6 Å². The zero-order valence-electron chi connectivity index (χ0n) is 8.81. The van der Waals surface area contributed by atoms with Crippen molar-refractivity contribution >= 4 is 11.5 Å². The van der Waals surface area contributed by atoms with Crippen molar-refractivity contribution in [3.05, 3.63) is 47.9 Å². The average Bonchev–Trinajstić information content (AvgIpc) is 2.30. The maximum Gasteiger partial charge on any atom is 0.151 e. The molecule has 0 aliphatic heterocycles. The number of nitrogens with one attached hydrogen (secondary N) is 1. The highest BCUT2D eigenvalue weighted by Gasteiger charge is 2.02. The molecule has 1 N–H and O–H groups in total. The lowest BCUT2D eigenvalue weighted by molar-refractivity contribution is 1.15. The van der Waals surface area contributed by atoms with Crippen LogP contribution >= 0.6 is 0 Å². The first-order valence-corrected chi connectivity index (χ1v) is 4.83. The van der Waals surface area contributed by atoms with Crippen LogP contribution in [0.3, 0.4) is 0 Å². The molecule has 78 valence electrons. The summed E-state index contributed by atoms with van der Waals surface area (Å²) in [5.41, 5.74) is 2.50. The number of nitrogens with zero attached hydrogens (tertiary/aromatic N) is 3. The number of aromatic nitrogens is 2. The van der Waals surface area contributed by atoms with Gasteiger partial charge in [0, 0.05) is 5.69 Å². The molecule has 0 atom stereocenters. The van der Waals surface area contributed by atoms with Crippen molar-refractivity contribution in [1.29, 1.82) is 5.26 Å². The molecule has 0 saturated heterocycles. The third-order valence-electron chi connectivity index (χ3n) is 2.11. The van der Waals surface area contributed by atoms with Gasteiger partial charge in [0.25, 0.3) is 0 Å². The molecule has 0 aliphatic rings. The number of anilines is 2. The van der Waals surface area contributed by atoms with Gasteiger partial charge in [-0.1, -0.05) is 12.1 Å². The Kier molecular flexibility index (Phi) is 2.79. The molecule has 0 fully saturated rings. The van der Waals surface area contributed by atoms with Gasteiger partial charge in [-0.2, -0.15) is 5.26 Å². The van der Waals surface area contributed by atoms with E-state index in [1.165, 1.54) is 12.5 Å². The van der Waals surface area contributed by atoms with Crippen LogP contribution in [-0.2, 0) is 0 Å². The van der Waals surface area contributed by atoms with E-state index in [1.54, 1.807) is 0 Å². The van der Waals surface area contributed by atoms with E-state index in [1.807, 2.05) is 37.3 Å². The minimum absolute atomic E-state index is 0.434. The van der Waals surface area contributed by atoms with E-state index in [-0.39, 0.29) is 0 Å².